The number of hydrogen-bond donors (Lipinski definition) is 1. The molecular formula is C10H10ClF2N. The van der Waals surface area contributed by atoms with E-state index >= 15 is 0 Å². The number of para-hydroxylation sites is 1. The summed E-state index contributed by atoms with van der Waals surface area (Å²) in [4.78, 5) is 0. The molecule has 1 nitrogen and oxygen atoms in total. The number of anilines is 1. The first-order chi connectivity index (χ1) is 6.75. The Labute approximate surface area is 86.4 Å². The number of hydrogen-bond acceptors (Lipinski definition) is 1. The molecule has 0 bridgehead atoms. The minimum atomic E-state index is -0.593. The van der Waals surface area contributed by atoms with Crippen LogP contribution < -0.4 is 5.32 Å². The molecular weight excluding hydrogens is 208 g/mol. The van der Waals surface area contributed by atoms with Crippen molar-refractivity contribution in [1.29, 1.82) is 0 Å². The van der Waals surface area contributed by atoms with Gasteiger partial charge in [-0.3, -0.25) is 0 Å². The van der Waals surface area contributed by atoms with Crippen LogP contribution in [-0.2, 0) is 0 Å². The van der Waals surface area contributed by atoms with Crippen molar-refractivity contribution in [3.05, 3.63) is 42.0 Å². The van der Waals surface area contributed by atoms with Gasteiger partial charge in [0, 0.05) is 12.4 Å². The van der Waals surface area contributed by atoms with E-state index in [0.717, 1.165) is 0 Å². The zero-order valence-electron chi connectivity index (χ0n) is 7.43. The van der Waals surface area contributed by atoms with Gasteiger partial charge in [-0.2, -0.15) is 0 Å². The number of allylic oxidation sites excluding steroid dienone is 1. The van der Waals surface area contributed by atoms with Gasteiger partial charge in [-0.15, -0.1) is 11.6 Å². The van der Waals surface area contributed by atoms with Crippen LogP contribution in [0.3, 0.4) is 0 Å². The van der Waals surface area contributed by atoms with Gasteiger partial charge in [-0.05, 0) is 12.1 Å². The van der Waals surface area contributed by atoms with Crippen molar-refractivity contribution in [1.82, 2.24) is 0 Å². The van der Waals surface area contributed by atoms with Crippen LogP contribution in [0.15, 0.2) is 30.4 Å². The van der Waals surface area contributed by atoms with E-state index in [0.29, 0.717) is 12.4 Å². The second-order valence-corrected chi connectivity index (χ2v) is 2.91. The summed E-state index contributed by atoms with van der Waals surface area (Å²) < 4.78 is 26.0. The summed E-state index contributed by atoms with van der Waals surface area (Å²) in [5.41, 5.74) is -0.105. The maximum atomic E-state index is 13.0. The molecule has 0 aromatic heterocycles. The highest BCUT2D eigenvalue weighted by Crippen LogP contribution is 2.17. The van der Waals surface area contributed by atoms with Gasteiger partial charge in [-0.25, -0.2) is 8.78 Å². The molecule has 0 heterocycles. The molecule has 1 aromatic rings. The molecule has 0 aliphatic heterocycles. The zero-order chi connectivity index (χ0) is 10.4. The predicted molar refractivity (Wildman–Crippen MR) is 54.7 cm³/mol. The van der Waals surface area contributed by atoms with Gasteiger partial charge in [0.05, 0.1) is 0 Å². The lowest BCUT2D eigenvalue weighted by Gasteiger charge is -2.05. The van der Waals surface area contributed by atoms with Crippen LogP contribution in [0.2, 0.25) is 0 Å². The van der Waals surface area contributed by atoms with Gasteiger partial charge >= 0.3 is 0 Å². The molecule has 0 radical (unpaired) electrons. The summed E-state index contributed by atoms with van der Waals surface area (Å²) in [6.07, 6.45) is 3.41. The SMILES string of the molecule is Fc1cccc(F)c1NC/C=C/CCl. The van der Waals surface area contributed by atoms with E-state index in [9.17, 15) is 8.78 Å². The second-order valence-electron chi connectivity index (χ2n) is 2.60. The Morgan fingerprint density at radius 1 is 1.21 bits per heavy atom. The Bertz CT molecular complexity index is 306. The Morgan fingerprint density at radius 3 is 2.43 bits per heavy atom. The van der Waals surface area contributed by atoms with Crippen LogP contribution >= 0.6 is 11.6 Å². The van der Waals surface area contributed by atoms with Crippen molar-refractivity contribution >= 4 is 17.3 Å². The van der Waals surface area contributed by atoms with Crippen molar-refractivity contribution in [2.24, 2.45) is 0 Å². The van der Waals surface area contributed by atoms with Crippen molar-refractivity contribution in [2.45, 2.75) is 0 Å². The maximum absolute atomic E-state index is 13.0. The molecule has 1 N–H and O–H groups in total. The maximum Gasteiger partial charge on any atom is 0.149 e. The lowest BCUT2D eigenvalue weighted by atomic mass is 10.3. The molecule has 4 heteroatoms. The molecule has 0 atom stereocenters. The van der Waals surface area contributed by atoms with Gasteiger partial charge in [0.25, 0.3) is 0 Å². The van der Waals surface area contributed by atoms with Crippen LogP contribution in [0.5, 0.6) is 0 Å². The molecule has 0 unspecified atom stereocenters. The Hall–Kier alpha value is -1.09. The monoisotopic (exact) mass is 217 g/mol. The van der Waals surface area contributed by atoms with Gasteiger partial charge < -0.3 is 5.32 Å². The number of rotatable bonds is 4. The van der Waals surface area contributed by atoms with Gasteiger partial charge in [0.15, 0.2) is 0 Å². The number of benzene rings is 1. The summed E-state index contributed by atoms with van der Waals surface area (Å²) in [7, 11) is 0. The van der Waals surface area contributed by atoms with E-state index in [1.54, 1.807) is 12.2 Å². The topological polar surface area (TPSA) is 12.0 Å². The highest BCUT2D eigenvalue weighted by atomic mass is 35.5. The third-order valence-corrected chi connectivity index (χ3v) is 1.79. The molecule has 0 saturated carbocycles. The fourth-order valence-corrected chi connectivity index (χ4v) is 1.10. The predicted octanol–water partition coefficient (Wildman–Crippen LogP) is 3.17. The summed E-state index contributed by atoms with van der Waals surface area (Å²) in [6.45, 7) is 0.352. The molecule has 1 rings (SSSR count). The fraction of sp³-hybridized carbons (Fsp3) is 0.200. The zero-order valence-corrected chi connectivity index (χ0v) is 8.19. The van der Waals surface area contributed by atoms with Crippen LogP contribution in [0.25, 0.3) is 0 Å². The van der Waals surface area contributed by atoms with E-state index in [1.165, 1.54) is 18.2 Å². The highest BCUT2D eigenvalue weighted by molar-refractivity contribution is 6.18. The molecule has 0 saturated heterocycles. The lowest BCUT2D eigenvalue weighted by Crippen LogP contribution is -2.03. The van der Waals surface area contributed by atoms with Crippen LogP contribution in [-0.4, -0.2) is 12.4 Å². The van der Waals surface area contributed by atoms with Crippen molar-refractivity contribution in [3.63, 3.8) is 0 Å². The normalized spacial score (nSPS) is 10.8. The standard InChI is InChI=1S/C10H10ClF2N/c11-6-1-2-7-14-10-8(12)4-3-5-9(10)13/h1-5,14H,6-7H2/b2-1+. The van der Waals surface area contributed by atoms with Crippen LogP contribution in [0, 0.1) is 11.6 Å². The van der Waals surface area contributed by atoms with Crippen LogP contribution in [0.1, 0.15) is 0 Å². The van der Waals surface area contributed by atoms with Crippen LogP contribution in [0.4, 0.5) is 14.5 Å². The highest BCUT2D eigenvalue weighted by Gasteiger charge is 2.05. The lowest BCUT2D eigenvalue weighted by molar-refractivity contribution is 0.589. The largest absolute Gasteiger partial charge is 0.377 e. The minimum absolute atomic E-state index is 0.105. The van der Waals surface area contributed by atoms with Crippen molar-refractivity contribution < 1.29 is 8.78 Å². The second kappa shape index (κ2) is 5.60. The van der Waals surface area contributed by atoms with E-state index in [-0.39, 0.29) is 5.69 Å². The Morgan fingerprint density at radius 2 is 1.86 bits per heavy atom. The average molecular weight is 218 g/mol. The molecule has 0 amide bonds. The average Bonchev–Trinajstić information content (AvgIpc) is 2.16. The summed E-state index contributed by atoms with van der Waals surface area (Å²) >= 11 is 5.38. The number of alkyl halides is 1. The van der Waals surface area contributed by atoms with E-state index < -0.39 is 11.6 Å². The molecule has 1 aromatic carbocycles. The Kier molecular flexibility index (Phi) is 4.40. The molecule has 0 fully saturated rings. The molecule has 0 aliphatic carbocycles. The quantitative estimate of drug-likeness (QED) is 0.604. The Balaban J connectivity index is 2.62. The summed E-state index contributed by atoms with van der Waals surface area (Å²) in [6, 6.07) is 3.73. The van der Waals surface area contributed by atoms with Crippen molar-refractivity contribution in [3.8, 4) is 0 Å². The number of nitrogens with one attached hydrogen (secondary N) is 1. The number of halogens is 3. The fourth-order valence-electron chi connectivity index (χ4n) is 0.974. The molecule has 76 valence electrons. The third-order valence-electron chi connectivity index (χ3n) is 1.62. The minimum Gasteiger partial charge on any atom is -0.377 e. The third kappa shape index (κ3) is 3.00. The van der Waals surface area contributed by atoms with E-state index in [4.69, 9.17) is 11.6 Å². The molecule has 14 heavy (non-hydrogen) atoms. The van der Waals surface area contributed by atoms with Gasteiger partial charge in [0.2, 0.25) is 0 Å². The van der Waals surface area contributed by atoms with Crippen molar-refractivity contribution in [2.75, 3.05) is 17.7 Å². The first-order valence-corrected chi connectivity index (χ1v) is 4.68. The summed E-state index contributed by atoms with van der Waals surface area (Å²) in [5, 5.41) is 2.62. The van der Waals surface area contributed by atoms with E-state index in [1.807, 2.05) is 0 Å². The van der Waals surface area contributed by atoms with Gasteiger partial charge in [-0.1, -0.05) is 18.2 Å². The first-order valence-electron chi connectivity index (χ1n) is 4.14. The summed E-state index contributed by atoms with van der Waals surface area (Å²) in [5.74, 6) is -0.796. The smallest absolute Gasteiger partial charge is 0.149 e. The molecule has 0 aliphatic rings. The first kappa shape index (κ1) is 11.0. The van der Waals surface area contributed by atoms with Gasteiger partial charge in [0.1, 0.15) is 17.3 Å². The molecule has 0 spiro atoms. The van der Waals surface area contributed by atoms with E-state index in [2.05, 4.69) is 5.32 Å².